The van der Waals surface area contributed by atoms with E-state index in [1.807, 2.05) is 31.4 Å². The van der Waals surface area contributed by atoms with Gasteiger partial charge in [0.05, 0.1) is 19.8 Å². The largest absolute Gasteiger partial charge is 0.497 e. The fourth-order valence-corrected chi connectivity index (χ4v) is 3.43. The molecule has 1 fully saturated rings. The standard InChI is InChI=1S/C20H33NO3/c1-4-5-6-12-21-13-10-17(20(16-21)23-3)11-14-24-19-9-7-8-18(15-19)22-2/h7-9,15,17,20H,4-6,10-14,16H2,1-3H3/t17-,20+/m1/s1. The molecule has 2 atom stereocenters. The first kappa shape index (κ1) is 19.1. The van der Waals surface area contributed by atoms with Gasteiger partial charge in [-0.2, -0.15) is 0 Å². The Balaban J connectivity index is 1.73. The Morgan fingerprint density at radius 1 is 1.17 bits per heavy atom. The molecule has 1 heterocycles. The second-order valence-electron chi connectivity index (χ2n) is 6.65. The molecule has 0 N–H and O–H groups in total. The number of methoxy groups -OCH3 is 2. The number of nitrogens with zero attached hydrogens (tertiary/aromatic N) is 1. The predicted octanol–water partition coefficient (Wildman–Crippen LogP) is 3.99. The van der Waals surface area contributed by atoms with E-state index in [9.17, 15) is 0 Å². The van der Waals surface area contributed by atoms with Crippen molar-refractivity contribution in [1.29, 1.82) is 0 Å². The second kappa shape index (κ2) is 10.6. The van der Waals surface area contributed by atoms with E-state index in [2.05, 4.69) is 11.8 Å². The quantitative estimate of drug-likeness (QED) is 0.605. The van der Waals surface area contributed by atoms with E-state index in [1.54, 1.807) is 7.11 Å². The Labute approximate surface area is 147 Å². The molecule has 1 saturated heterocycles. The lowest BCUT2D eigenvalue weighted by Crippen LogP contribution is -2.45. The Bertz CT molecular complexity index is 466. The third-order valence-corrected chi connectivity index (χ3v) is 4.96. The number of rotatable bonds is 10. The minimum absolute atomic E-state index is 0.328. The highest BCUT2D eigenvalue weighted by molar-refractivity contribution is 5.32. The molecule has 2 rings (SSSR count). The minimum Gasteiger partial charge on any atom is -0.497 e. The summed E-state index contributed by atoms with van der Waals surface area (Å²) in [5.41, 5.74) is 0. The molecule has 0 radical (unpaired) electrons. The van der Waals surface area contributed by atoms with Crippen molar-refractivity contribution in [2.24, 2.45) is 5.92 Å². The van der Waals surface area contributed by atoms with Crippen LogP contribution in [0.5, 0.6) is 11.5 Å². The van der Waals surface area contributed by atoms with Crippen molar-refractivity contribution < 1.29 is 14.2 Å². The van der Waals surface area contributed by atoms with Crippen molar-refractivity contribution in [2.45, 2.75) is 45.1 Å². The zero-order valence-electron chi connectivity index (χ0n) is 15.5. The summed E-state index contributed by atoms with van der Waals surface area (Å²) >= 11 is 0. The molecule has 1 aromatic rings. The fourth-order valence-electron chi connectivity index (χ4n) is 3.43. The first-order valence-corrected chi connectivity index (χ1v) is 9.28. The molecule has 1 aliphatic rings. The molecule has 0 aliphatic carbocycles. The third-order valence-electron chi connectivity index (χ3n) is 4.96. The predicted molar refractivity (Wildman–Crippen MR) is 98.0 cm³/mol. The van der Waals surface area contributed by atoms with Crippen LogP contribution in [0, 0.1) is 5.92 Å². The lowest BCUT2D eigenvalue weighted by Gasteiger charge is -2.37. The van der Waals surface area contributed by atoms with Crippen LogP contribution in [0.15, 0.2) is 24.3 Å². The monoisotopic (exact) mass is 335 g/mol. The first-order valence-electron chi connectivity index (χ1n) is 9.28. The summed E-state index contributed by atoms with van der Waals surface area (Å²) in [5.74, 6) is 2.30. The van der Waals surface area contributed by atoms with Gasteiger partial charge in [-0.05, 0) is 50.4 Å². The molecule has 0 bridgehead atoms. The van der Waals surface area contributed by atoms with Gasteiger partial charge < -0.3 is 19.1 Å². The van der Waals surface area contributed by atoms with Crippen LogP contribution in [-0.2, 0) is 4.74 Å². The van der Waals surface area contributed by atoms with Crippen LogP contribution in [0.1, 0.15) is 39.0 Å². The summed E-state index contributed by atoms with van der Waals surface area (Å²) in [7, 11) is 3.52. The molecule has 4 nitrogen and oxygen atoms in total. The number of ether oxygens (including phenoxy) is 3. The highest BCUT2D eigenvalue weighted by atomic mass is 16.5. The molecule has 24 heavy (non-hydrogen) atoms. The summed E-state index contributed by atoms with van der Waals surface area (Å²) in [6.45, 7) is 6.44. The number of benzene rings is 1. The van der Waals surface area contributed by atoms with Crippen LogP contribution in [-0.4, -0.2) is 51.5 Å². The molecule has 0 spiro atoms. The normalized spacial score (nSPS) is 21.6. The minimum atomic E-state index is 0.328. The molecule has 0 unspecified atom stereocenters. The first-order chi connectivity index (χ1) is 11.8. The van der Waals surface area contributed by atoms with Gasteiger partial charge >= 0.3 is 0 Å². The van der Waals surface area contributed by atoms with Gasteiger partial charge in [0.2, 0.25) is 0 Å². The molecule has 1 aromatic carbocycles. The summed E-state index contributed by atoms with van der Waals surface area (Å²) in [6, 6.07) is 7.81. The molecule has 136 valence electrons. The molecule has 0 saturated carbocycles. The van der Waals surface area contributed by atoms with Crippen molar-refractivity contribution in [3.8, 4) is 11.5 Å². The third kappa shape index (κ3) is 5.99. The maximum atomic E-state index is 5.90. The van der Waals surface area contributed by atoms with Crippen molar-refractivity contribution in [3.05, 3.63) is 24.3 Å². The fraction of sp³-hybridized carbons (Fsp3) is 0.700. The van der Waals surface area contributed by atoms with E-state index in [0.29, 0.717) is 12.0 Å². The van der Waals surface area contributed by atoms with E-state index in [1.165, 1.54) is 38.8 Å². The number of piperidine rings is 1. The van der Waals surface area contributed by atoms with Crippen LogP contribution in [0.2, 0.25) is 0 Å². The summed E-state index contributed by atoms with van der Waals surface area (Å²) in [4.78, 5) is 2.56. The number of likely N-dealkylation sites (tertiary alicyclic amines) is 1. The summed E-state index contributed by atoms with van der Waals surface area (Å²) < 4.78 is 16.9. The van der Waals surface area contributed by atoms with Gasteiger partial charge in [-0.25, -0.2) is 0 Å². The molecule has 0 amide bonds. The van der Waals surface area contributed by atoms with Crippen molar-refractivity contribution in [2.75, 3.05) is 40.5 Å². The second-order valence-corrected chi connectivity index (χ2v) is 6.65. The molecule has 4 heteroatoms. The van der Waals surface area contributed by atoms with E-state index in [4.69, 9.17) is 14.2 Å². The molecular formula is C20H33NO3. The lowest BCUT2D eigenvalue weighted by atomic mass is 9.91. The summed E-state index contributed by atoms with van der Waals surface area (Å²) in [6.07, 6.45) is 6.48. The summed E-state index contributed by atoms with van der Waals surface area (Å²) in [5, 5.41) is 0. The smallest absolute Gasteiger partial charge is 0.122 e. The van der Waals surface area contributed by atoms with Gasteiger partial charge in [0.1, 0.15) is 11.5 Å². The number of hydrogen-bond acceptors (Lipinski definition) is 4. The molecule has 1 aliphatic heterocycles. The van der Waals surface area contributed by atoms with Gasteiger partial charge in [0.15, 0.2) is 0 Å². The zero-order valence-corrected chi connectivity index (χ0v) is 15.5. The van der Waals surface area contributed by atoms with Crippen LogP contribution < -0.4 is 9.47 Å². The Kier molecular flexibility index (Phi) is 8.40. The average molecular weight is 335 g/mol. The van der Waals surface area contributed by atoms with E-state index < -0.39 is 0 Å². The number of hydrogen-bond donors (Lipinski definition) is 0. The van der Waals surface area contributed by atoms with Crippen LogP contribution in [0.4, 0.5) is 0 Å². The topological polar surface area (TPSA) is 30.9 Å². The van der Waals surface area contributed by atoms with Crippen molar-refractivity contribution in [3.63, 3.8) is 0 Å². The van der Waals surface area contributed by atoms with Gasteiger partial charge in [0.25, 0.3) is 0 Å². The van der Waals surface area contributed by atoms with Crippen LogP contribution in [0.3, 0.4) is 0 Å². The highest BCUT2D eigenvalue weighted by Crippen LogP contribution is 2.25. The van der Waals surface area contributed by atoms with E-state index >= 15 is 0 Å². The number of unbranched alkanes of at least 4 members (excludes halogenated alkanes) is 2. The van der Waals surface area contributed by atoms with Crippen LogP contribution in [0.25, 0.3) is 0 Å². The van der Waals surface area contributed by atoms with E-state index in [0.717, 1.165) is 31.1 Å². The van der Waals surface area contributed by atoms with Gasteiger partial charge in [-0.1, -0.05) is 25.8 Å². The SMILES string of the molecule is CCCCCN1CC[C@H](CCOc2cccc(OC)c2)[C@@H](OC)C1. The molecular weight excluding hydrogens is 302 g/mol. The maximum absolute atomic E-state index is 5.90. The van der Waals surface area contributed by atoms with Gasteiger partial charge in [-0.3, -0.25) is 0 Å². The zero-order chi connectivity index (χ0) is 17.2. The van der Waals surface area contributed by atoms with Gasteiger partial charge in [0, 0.05) is 19.7 Å². The van der Waals surface area contributed by atoms with Gasteiger partial charge in [-0.15, -0.1) is 0 Å². The van der Waals surface area contributed by atoms with E-state index in [-0.39, 0.29) is 0 Å². The average Bonchev–Trinajstić information content (AvgIpc) is 2.63. The Hall–Kier alpha value is -1.26. The Morgan fingerprint density at radius 3 is 2.75 bits per heavy atom. The molecule has 0 aromatic heterocycles. The maximum Gasteiger partial charge on any atom is 0.122 e. The lowest BCUT2D eigenvalue weighted by molar-refractivity contribution is -0.0180. The van der Waals surface area contributed by atoms with Crippen molar-refractivity contribution >= 4 is 0 Å². The Morgan fingerprint density at radius 2 is 2.00 bits per heavy atom. The van der Waals surface area contributed by atoms with Crippen molar-refractivity contribution in [1.82, 2.24) is 4.90 Å². The highest BCUT2D eigenvalue weighted by Gasteiger charge is 2.28. The van der Waals surface area contributed by atoms with Crippen LogP contribution >= 0.6 is 0 Å².